The van der Waals surface area contributed by atoms with Gasteiger partial charge in [0.05, 0.1) is 12.1 Å². The number of nitrogens with two attached hydrogens (primary N) is 1. The number of primary amides is 1. The van der Waals surface area contributed by atoms with E-state index in [9.17, 15) is 4.79 Å². The number of halogens is 1. The van der Waals surface area contributed by atoms with E-state index >= 15 is 0 Å². The molecule has 0 saturated carbocycles. The molecule has 3 N–H and O–H groups in total. The van der Waals surface area contributed by atoms with Gasteiger partial charge in [-0.3, -0.25) is 9.89 Å². The molecule has 23 heavy (non-hydrogen) atoms. The Balaban J connectivity index is 2.03. The van der Waals surface area contributed by atoms with Gasteiger partial charge in [-0.25, -0.2) is 4.98 Å². The minimum atomic E-state index is -0.582. The summed E-state index contributed by atoms with van der Waals surface area (Å²) in [5.41, 5.74) is 7.77. The molecule has 3 heterocycles. The van der Waals surface area contributed by atoms with Gasteiger partial charge in [0.2, 0.25) is 0 Å². The smallest absolute Gasteiger partial charge is 0.269 e. The van der Waals surface area contributed by atoms with Crippen LogP contribution >= 0.6 is 15.9 Å². The number of hydrogen-bond donors (Lipinski definition) is 2. The second-order valence-corrected chi connectivity index (χ2v) is 6.01. The van der Waals surface area contributed by atoms with Crippen LogP contribution in [-0.4, -0.2) is 32.3 Å². The maximum atomic E-state index is 11.9. The topological polar surface area (TPSA) is 98.8 Å². The van der Waals surface area contributed by atoms with Crippen LogP contribution < -0.4 is 10.5 Å². The molecule has 2 aromatic heterocycles. The van der Waals surface area contributed by atoms with Crippen molar-refractivity contribution in [3.63, 3.8) is 0 Å². The predicted molar refractivity (Wildman–Crippen MR) is 87.0 cm³/mol. The molecule has 1 amide bonds. The van der Waals surface area contributed by atoms with Gasteiger partial charge in [0.25, 0.3) is 5.91 Å². The van der Waals surface area contributed by atoms with Crippen LogP contribution in [0.2, 0.25) is 0 Å². The van der Waals surface area contributed by atoms with E-state index in [0.717, 1.165) is 15.8 Å². The molecule has 0 unspecified atom stereocenters. The van der Waals surface area contributed by atoms with Crippen LogP contribution in [0.15, 0.2) is 34.9 Å². The van der Waals surface area contributed by atoms with Gasteiger partial charge in [0.1, 0.15) is 29.6 Å². The van der Waals surface area contributed by atoms with Crippen molar-refractivity contribution in [2.75, 3.05) is 6.61 Å². The van der Waals surface area contributed by atoms with Gasteiger partial charge in [-0.05, 0) is 24.3 Å². The summed E-state index contributed by atoms with van der Waals surface area (Å²) < 4.78 is 8.62. The van der Waals surface area contributed by atoms with Gasteiger partial charge in [-0.1, -0.05) is 15.9 Å². The monoisotopic (exact) mass is 373 g/mol. The van der Waals surface area contributed by atoms with Crippen molar-refractivity contribution < 1.29 is 9.53 Å². The zero-order valence-corrected chi connectivity index (χ0v) is 13.5. The highest BCUT2D eigenvalue weighted by atomic mass is 79.9. The minimum absolute atomic E-state index is 0.208. The summed E-state index contributed by atoms with van der Waals surface area (Å²) in [4.78, 5) is 16.3. The number of carbonyl (C=O) groups excluding carboxylic acids is 1. The molecule has 0 saturated heterocycles. The van der Waals surface area contributed by atoms with Crippen LogP contribution in [0.25, 0.3) is 22.8 Å². The lowest BCUT2D eigenvalue weighted by Gasteiger charge is -2.07. The highest BCUT2D eigenvalue weighted by molar-refractivity contribution is 9.10. The Morgan fingerprint density at radius 3 is 3.00 bits per heavy atom. The number of aromatic amines is 1. The lowest BCUT2D eigenvalue weighted by Crippen LogP contribution is -2.14. The summed E-state index contributed by atoms with van der Waals surface area (Å²) in [5, 5.41) is 6.92. The van der Waals surface area contributed by atoms with Crippen LogP contribution in [0, 0.1) is 0 Å². The average molecular weight is 374 g/mol. The van der Waals surface area contributed by atoms with E-state index < -0.39 is 5.91 Å². The van der Waals surface area contributed by atoms with Crippen molar-refractivity contribution in [3.8, 4) is 28.5 Å². The molecule has 0 fully saturated rings. The quantitative estimate of drug-likeness (QED) is 0.718. The Hall–Kier alpha value is -2.61. The lowest BCUT2D eigenvalue weighted by molar-refractivity contribution is 0.0996. The molecular formula is C15H12BrN5O2. The Bertz CT molecular complexity index is 901. The maximum Gasteiger partial charge on any atom is 0.269 e. The molecule has 7 nitrogen and oxygen atoms in total. The zero-order chi connectivity index (χ0) is 16.0. The van der Waals surface area contributed by atoms with E-state index in [1.165, 1.54) is 0 Å². The first-order chi connectivity index (χ1) is 11.1. The van der Waals surface area contributed by atoms with Crippen molar-refractivity contribution in [1.82, 2.24) is 19.7 Å². The van der Waals surface area contributed by atoms with Gasteiger partial charge >= 0.3 is 0 Å². The van der Waals surface area contributed by atoms with Crippen LogP contribution in [0.5, 0.6) is 5.75 Å². The number of nitrogens with zero attached hydrogens (tertiary/aromatic N) is 3. The summed E-state index contributed by atoms with van der Waals surface area (Å²) >= 11 is 3.46. The maximum absolute atomic E-state index is 11.9. The third-order valence-electron chi connectivity index (χ3n) is 3.70. The number of nitrogens with one attached hydrogen (secondary N) is 1. The van der Waals surface area contributed by atoms with E-state index in [1.807, 2.05) is 22.8 Å². The number of benzene rings is 1. The third-order valence-corrected chi connectivity index (χ3v) is 4.19. The third kappa shape index (κ3) is 2.22. The largest absolute Gasteiger partial charge is 0.491 e. The summed E-state index contributed by atoms with van der Waals surface area (Å²) in [6, 6.07) is 7.48. The lowest BCUT2D eigenvalue weighted by atomic mass is 10.2. The summed E-state index contributed by atoms with van der Waals surface area (Å²) in [5.74, 6) is 0.785. The van der Waals surface area contributed by atoms with Crippen molar-refractivity contribution in [2.45, 2.75) is 6.54 Å². The molecule has 0 spiro atoms. The standard InChI is InChI=1S/C15H12BrN5O2/c16-8-1-2-11-9(7-8)15-19-12(14(17)22)13(10-3-4-18-20-10)21(15)5-6-23-11/h1-4,7H,5-6H2,(H2,17,22)(H,18,20). The molecule has 4 rings (SSSR count). The highest BCUT2D eigenvalue weighted by Gasteiger charge is 2.27. The number of ether oxygens (including phenoxy) is 1. The number of H-pyrrole nitrogens is 1. The normalized spacial score (nSPS) is 12.9. The first-order valence-corrected chi connectivity index (χ1v) is 7.77. The molecule has 0 aliphatic carbocycles. The van der Waals surface area contributed by atoms with Crippen LogP contribution in [-0.2, 0) is 6.54 Å². The van der Waals surface area contributed by atoms with Gasteiger partial charge in [-0.15, -0.1) is 0 Å². The van der Waals surface area contributed by atoms with Crippen molar-refractivity contribution in [2.24, 2.45) is 5.73 Å². The highest BCUT2D eigenvalue weighted by Crippen LogP contribution is 2.37. The summed E-state index contributed by atoms with van der Waals surface area (Å²) in [7, 11) is 0. The van der Waals surface area contributed by atoms with Gasteiger partial charge in [-0.2, -0.15) is 5.10 Å². The number of rotatable bonds is 2. The summed E-state index contributed by atoms with van der Waals surface area (Å²) in [6.07, 6.45) is 1.69. The zero-order valence-electron chi connectivity index (χ0n) is 11.9. The Labute approximate surface area is 139 Å². The molecule has 0 radical (unpaired) electrons. The molecule has 1 aliphatic heterocycles. The SMILES string of the molecule is NC(=O)c1nc2n(c1-c1cc[nH]n1)CCOc1ccc(Br)cc1-2. The molecule has 116 valence electrons. The van der Waals surface area contributed by atoms with Gasteiger partial charge < -0.3 is 15.0 Å². The number of imidazole rings is 1. The Morgan fingerprint density at radius 2 is 2.26 bits per heavy atom. The van der Waals surface area contributed by atoms with Crippen molar-refractivity contribution in [1.29, 1.82) is 0 Å². The van der Waals surface area contributed by atoms with Crippen molar-refractivity contribution in [3.05, 3.63) is 40.6 Å². The van der Waals surface area contributed by atoms with E-state index in [0.29, 0.717) is 30.4 Å². The van der Waals surface area contributed by atoms with E-state index in [2.05, 4.69) is 31.1 Å². The second kappa shape index (κ2) is 5.24. The second-order valence-electron chi connectivity index (χ2n) is 5.10. The minimum Gasteiger partial charge on any atom is -0.491 e. The van der Waals surface area contributed by atoms with Crippen LogP contribution in [0.4, 0.5) is 0 Å². The van der Waals surface area contributed by atoms with Crippen LogP contribution in [0.3, 0.4) is 0 Å². The molecular weight excluding hydrogens is 362 g/mol. The molecule has 1 aromatic carbocycles. The van der Waals surface area contributed by atoms with E-state index in [1.54, 1.807) is 12.3 Å². The van der Waals surface area contributed by atoms with Gasteiger partial charge in [0.15, 0.2) is 5.69 Å². The first-order valence-electron chi connectivity index (χ1n) is 6.98. The molecule has 8 heteroatoms. The average Bonchev–Trinajstić information content (AvgIpc) is 3.12. The fourth-order valence-corrected chi connectivity index (χ4v) is 3.11. The van der Waals surface area contributed by atoms with E-state index in [4.69, 9.17) is 10.5 Å². The number of hydrogen-bond acceptors (Lipinski definition) is 4. The first kappa shape index (κ1) is 14.0. The molecule has 1 aliphatic rings. The summed E-state index contributed by atoms with van der Waals surface area (Å²) in [6.45, 7) is 1.01. The number of fused-ring (bicyclic) bond motifs is 3. The van der Waals surface area contributed by atoms with Crippen LogP contribution in [0.1, 0.15) is 10.5 Å². The molecule has 0 atom stereocenters. The van der Waals surface area contributed by atoms with Gasteiger partial charge in [0, 0.05) is 10.7 Å². The number of amides is 1. The fourth-order valence-electron chi connectivity index (χ4n) is 2.75. The molecule has 3 aromatic rings. The van der Waals surface area contributed by atoms with Crippen molar-refractivity contribution >= 4 is 21.8 Å². The van der Waals surface area contributed by atoms with E-state index in [-0.39, 0.29) is 5.69 Å². The molecule has 0 bridgehead atoms. The number of aromatic nitrogens is 4. The predicted octanol–water partition coefficient (Wildman–Crippen LogP) is 2.19. The Kier molecular flexibility index (Phi) is 3.19. The fraction of sp³-hybridized carbons (Fsp3) is 0.133. The number of carbonyl (C=O) groups is 1. The Morgan fingerprint density at radius 1 is 1.39 bits per heavy atom.